The molecular formula is C18H16Cl3FN2O2S. The van der Waals surface area contributed by atoms with Crippen molar-refractivity contribution in [2.75, 3.05) is 17.3 Å². The number of carbonyl (C=O) groups excluding carboxylic acids is 2. The Kier molecular flexibility index (Phi) is 8.23. The summed E-state index contributed by atoms with van der Waals surface area (Å²) in [6, 6.07) is 7.50. The van der Waals surface area contributed by atoms with Gasteiger partial charge in [0, 0.05) is 10.0 Å². The van der Waals surface area contributed by atoms with E-state index < -0.39 is 23.7 Å². The lowest BCUT2D eigenvalue weighted by Crippen LogP contribution is -2.44. The average molecular weight is 450 g/mol. The first-order valence-corrected chi connectivity index (χ1v) is 10.4. The zero-order valence-electron chi connectivity index (χ0n) is 14.2. The molecule has 144 valence electrons. The Morgan fingerprint density at radius 3 is 2.41 bits per heavy atom. The summed E-state index contributed by atoms with van der Waals surface area (Å²) < 4.78 is 13.9. The van der Waals surface area contributed by atoms with Gasteiger partial charge in [-0.15, -0.1) is 0 Å². The summed E-state index contributed by atoms with van der Waals surface area (Å²) in [5.41, 5.74) is 0.179. The molecule has 9 heteroatoms. The predicted molar refractivity (Wildman–Crippen MR) is 111 cm³/mol. The van der Waals surface area contributed by atoms with E-state index in [0.717, 1.165) is 6.07 Å². The summed E-state index contributed by atoms with van der Waals surface area (Å²) in [7, 11) is 0. The maximum absolute atomic E-state index is 13.9. The number of nitrogens with one attached hydrogen (secondary N) is 2. The van der Waals surface area contributed by atoms with Crippen LogP contribution >= 0.6 is 46.6 Å². The van der Waals surface area contributed by atoms with Gasteiger partial charge in [0.05, 0.1) is 16.3 Å². The van der Waals surface area contributed by atoms with Crippen LogP contribution in [0, 0.1) is 5.82 Å². The second kappa shape index (κ2) is 10.2. The van der Waals surface area contributed by atoms with Crippen molar-refractivity contribution in [2.45, 2.75) is 12.5 Å². The van der Waals surface area contributed by atoms with Crippen molar-refractivity contribution in [1.29, 1.82) is 0 Å². The lowest BCUT2D eigenvalue weighted by Gasteiger charge is -2.19. The van der Waals surface area contributed by atoms with E-state index in [2.05, 4.69) is 10.6 Å². The summed E-state index contributed by atoms with van der Waals surface area (Å²) in [5, 5.41) is 5.90. The first-order chi connectivity index (χ1) is 12.8. The zero-order chi connectivity index (χ0) is 20.0. The van der Waals surface area contributed by atoms with E-state index in [1.807, 2.05) is 6.26 Å². The highest BCUT2D eigenvalue weighted by molar-refractivity contribution is 7.98. The highest BCUT2D eigenvalue weighted by Gasteiger charge is 2.23. The molecule has 0 heterocycles. The van der Waals surface area contributed by atoms with Crippen molar-refractivity contribution in [1.82, 2.24) is 5.32 Å². The number of amides is 2. The van der Waals surface area contributed by atoms with E-state index in [9.17, 15) is 14.0 Å². The Morgan fingerprint density at radius 1 is 1.11 bits per heavy atom. The van der Waals surface area contributed by atoms with Crippen molar-refractivity contribution in [3.8, 4) is 0 Å². The molecule has 0 fully saturated rings. The third kappa shape index (κ3) is 6.28. The highest BCUT2D eigenvalue weighted by Crippen LogP contribution is 2.22. The molecule has 27 heavy (non-hydrogen) atoms. The summed E-state index contributed by atoms with van der Waals surface area (Å²) in [6.07, 6.45) is 2.24. The Balaban J connectivity index is 2.15. The highest BCUT2D eigenvalue weighted by atomic mass is 35.5. The Hall–Kier alpha value is -1.47. The molecule has 0 spiro atoms. The van der Waals surface area contributed by atoms with Crippen LogP contribution < -0.4 is 10.6 Å². The first-order valence-electron chi connectivity index (χ1n) is 7.82. The third-order valence-electron chi connectivity index (χ3n) is 3.60. The minimum atomic E-state index is -0.869. The van der Waals surface area contributed by atoms with Crippen molar-refractivity contribution in [3.05, 3.63) is 62.8 Å². The quantitative estimate of drug-likeness (QED) is 0.605. The molecule has 0 bridgehead atoms. The van der Waals surface area contributed by atoms with Crippen molar-refractivity contribution < 1.29 is 14.0 Å². The maximum Gasteiger partial charge on any atom is 0.253 e. The predicted octanol–water partition coefficient (Wildman–Crippen LogP) is 5.28. The monoisotopic (exact) mass is 448 g/mol. The summed E-state index contributed by atoms with van der Waals surface area (Å²) >= 11 is 19.1. The van der Waals surface area contributed by atoms with Gasteiger partial charge in [0.1, 0.15) is 11.9 Å². The third-order valence-corrected chi connectivity index (χ3v) is 5.02. The molecule has 1 atom stereocenters. The van der Waals surface area contributed by atoms with Crippen LogP contribution in [0.4, 0.5) is 10.1 Å². The molecule has 0 saturated heterocycles. The van der Waals surface area contributed by atoms with Gasteiger partial charge < -0.3 is 10.6 Å². The van der Waals surface area contributed by atoms with Gasteiger partial charge in [-0.05, 0) is 54.8 Å². The van der Waals surface area contributed by atoms with Gasteiger partial charge in [-0.25, -0.2) is 4.39 Å². The number of carbonyl (C=O) groups is 2. The fraction of sp³-hybridized carbons (Fsp3) is 0.222. The van der Waals surface area contributed by atoms with E-state index in [1.165, 1.54) is 42.1 Å². The van der Waals surface area contributed by atoms with Crippen molar-refractivity contribution in [3.63, 3.8) is 0 Å². The normalized spacial score (nSPS) is 11.7. The molecule has 1 unspecified atom stereocenters. The zero-order valence-corrected chi connectivity index (χ0v) is 17.3. The largest absolute Gasteiger partial charge is 0.340 e. The molecule has 2 aromatic carbocycles. The molecule has 0 aliphatic carbocycles. The van der Waals surface area contributed by atoms with Crippen LogP contribution in [-0.4, -0.2) is 29.9 Å². The summed E-state index contributed by atoms with van der Waals surface area (Å²) in [5.74, 6) is -1.10. The van der Waals surface area contributed by atoms with Gasteiger partial charge in [-0.2, -0.15) is 11.8 Å². The van der Waals surface area contributed by atoms with E-state index in [-0.39, 0.29) is 21.3 Å². The molecule has 2 N–H and O–H groups in total. The van der Waals surface area contributed by atoms with Crippen LogP contribution in [0.25, 0.3) is 0 Å². The lowest BCUT2D eigenvalue weighted by atomic mass is 10.1. The fourth-order valence-electron chi connectivity index (χ4n) is 2.22. The molecule has 2 rings (SSSR count). The standard InChI is InChI=1S/C18H16Cl3FN2O2S/c1-27-7-6-16(18(26)23-15-5-3-11(20)9-14(15)22)24-17(25)12-4-2-10(19)8-13(12)21/h2-5,8-9,16H,6-7H2,1H3,(H,23,26)(H,24,25). The Morgan fingerprint density at radius 2 is 1.78 bits per heavy atom. The number of hydrogen-bond acceptors (Lipinski definition) is 3. The minimum absolute atomic E-state index is 0.0164. The lowest BCUT2D eigenvalue weighted by molar-refractivity contribution is -0.118. The van der Waals surface area contributed by atoms with Crippen LogP contribution in [0.2, 0.25) is 15.1 Å². The first kappa shape index (κ1) is 21.8. The van der Waals surface area contributed by atoms with E-state index in [1.54, 1.807) is 0 Å². The molecule has 0 saturated carbocycles. The second-order valence-electron chi connectivity index (χ2n) is 5.55. The van der Waals surface area contributed by atoms with Crippen LogP contribution in [0.1, 0.15) is 16.8 Å². The molecule has 0 aliphatic heterocycles. The molecule has 0 aliphatic rings. The maximum atomic E-state index is 13.9. The summed E-state index contributed by atoms with van der Waals surface area (Å²) in [6.45, 7) is 0. The van der Waals surface area contributed by atoms with Gasteiger partial charge in [0.25, 0.3) is 5.91 Å². The molecule has 0 radical (unpaired) electrons. The number of rotatable bonds is 7. The smallest absolute Gasteiger partial charge is 0.253 e. The van der Waals surface area contributed by atoms with Gasteiger partial charge >= 0.3 is 0 Å². The average Bonchev–Trinajstić information content (AvgIpc) is 2.60. The number of thioether (sulfide) groups is 1. The van der Waals surface area contributed by atoms with Crippen LogP contribution in [0.15, 0.2) is 36.4 Å². The number of hydrogen-bond donors (Lipinski definition) is 2. The topological polar surface area (TPSA) is 58.2 Å². The molecular weight excluding hydrogens is 434 g/mol. The van der Waals surface area contributed by atoms with Crippen LogP contribution in [0.5, 0.6) is 0 Å². The number of benzene rings is 2. The number of anilines is 1. The van der Waals surface area contributed by atoms with Gasteiger partial charge in [0.15, 0.2) is 0 Å². The fourth-order valence-corrected chi connectivity index (χ4v) is 3.35. The molecule has 0 aromatic heterocycles. The minimum Gasteiger partial charge on any atom is -0.340 e. The summed E-state index contributed by atoms with van der Waals surface area (Å²) in [4.78, 5) is 25.1. The van der Waals surface area contributed by atoms with Crippen LogP contribution in [-0.2, 0) is 4.79 Å². The van der Waals surface area contributed by atoms with Gasteiger partial charge in [-0.3, -0.25) is 9.59 Å². The van der Waals surface area contributed by atoms with Gasteiger partial charge in [0.2, 0.25) is 5.91 Å². The van der Waals surface area contributed by atoms with Crippen molar-refractivity contribution in [2.24, 2.45) is 0 Å². The Bertz CT molecular complexity index is 851. The molecule has 2 aromatic rings. The van der Waals surface area contributed by atoms with E-state index in [4.69, 9.17) is 34.8 Å². The van der Waals surface area contributed by atoms with E-state index >= 15 is 0 Å². The van der Waals surface area contributed by atoms with Gasteiger partial charge in [-0.1, -0.05) is 34.8 Å². The van der Waals surface area contributed by atoms with E-state index in [0.29, 0.717) is 17.2 Å². The van der Waals surface area contributed by atoms with Crippen molar-refractivity contribution >= 4 is 64.1 Å². The molecule has 2 amide bonds. The molecule has 4 nitrogen and oxygen atoms in total. The number of halogens is 4. The van der Waals surface area contributed by atoms with Crippen LogP contribution in [0.3, 0.4) is 0 Å². The SMILES string of the molecule is CSCCC(NC(=O)c1ccc(Cl)cc1Cl)C(=O)Nc1ccc(Cl)cc1F. The Labute approximate surface area is 175 Å². The second-order valence-corrected chi connectivity index (χ2v) is 7.81.